The number of hydrogen-bond acceptors (Lipinski definition) is 4. The molecule has 76 valence electrons. The van der Waals surface area contributed by atoms with E-state index < -0.39 is 0 Å². The average molecular weight is 194 g/mol. The van der Waals surface area contributed by atoms with E-state index in [1.165, 1.54) is 0 Å². The summed E-state index contributed by atoms with van der Waals surface area (Å²) in [6.45, 7) is 1.56. The molecule has 0 aromatic carbocycles. The van der Waals surface area contributed by atoms with E-state index in [1.807, 2.05) is 12.1 Å². The predicted molar refractivity (Wildman–Crippen MR) is 53.6 cm³/mol. The zero-order valence-electron chi connectivity index (χ0n) is 8.18. The van der Waals surface area contributed by atoms with E-state index in [2.05, 4.69) is 9.88 Å². The van der Waals surface area contributed by atoms with Gasteiger partial charge in [0.1, 0.15) is 11.6 Å². The molecule has 0 bridgehead atoms. The molecule has 0 aliphatic carbocycles. The molecule has 1 aromatic rings. The van der Waals surface area contributed by atoms with Crippen LogP contribution in [-0.2, 0) is 0 Å². The second-order valence-corrected chi connectivity index (χ2v) is 3.44. The third-order valence-corrected chi connectivity index (χ3v) is 2.44. The van der Waals surface area contributed by atoms with Gasteiger partial charge < -0.3 is 14.7 Å². The van der Waals surface area contributed by atoms with Crippen LogP contribution in [0.4, 0.5) is 5.82 Å². The number of aliphatic hydroxyl groups is 1. The normalized spacial score (nSPS) is 21.3. The highest BCUT2D eigenvalue weighted by atomic mass is 16.5. The molecule has 1 fully saturated rings. The van der Waals surface area contributed by atoms with Crippen LogP contribution in [0.5, 0.6) is 5.75 Å². The Kier molecular flexibility index (Phi) is 2.54. The molecule has 4 heteroatoms. The maximum atomic E-state index is 9.37. The number of nitrogens with zero attached hydrogens (tertiary/aromatic N) is 2. The van der Waals surface area contributed by atoms with E-state index in [0.717, 1.165) is 24.5 Å². The van der Waals surface area contributed by atoms with Gasteiger partial charge in [0.25, 0.3) is 0 Å². The Morgan fingerprint density at radius 2 is 2.43 bits per heavy atom. The molecule has 0 spiro atoms. The monoisotopic (exact) mass is 194 g/mol. The summed E-state index contributed by atoms with van der Waals surface area (Å²) < 4.78 is 5.02. The summed E-state index contributed by atoms with van der Waals surface area (Å²) in [5.74, 6) is 1.66. The minimum atomic E-state index is -0.209. The topological polar surface area (TPSA) is 45.6 Å². The molecule has 0 radical (unpaired) electrons. The van der Waals surface area contributed by atoms with Crippen LogP contribution in [0, 0.1) is 0 Å². The molecule has 1 unspecified atom stereocenters. The minimum absolute atomic E-state index is 0.209. The van der Waals surface area contributed by atoms with Gasteiger partial charge in [0.15, 0.2) is 0 Å². The fraction of sp³-hybridized carbons (Fsp3) is 0.500. The summed E-state index contributed by atoms with van der Waals surface area (Å²) in [4.78, 5) is 6.33. The Morgan fingerprint density at radius 3 is 2.93 bits per heavy atom. The zero-order valence-corrected chi connectivity index (χ0v) is 8.18. The second-order valence-electron chi connectivity index (χ2n) is 3.44. The van der Waals surface area contributed by atoms with Crippen molar-refractivity contribution in [2.24, 2.45) is 0 Å². The average Bonchev–Trinajstić information content (AvgIpc) is 2.65. The molecule has 0 saturated carbocycles. The zero-order chi connectivity index (χ0) is 9.97. The first-order valence-electron chi connectivity index (χ1n) is 4.72. The van der Waals surface area contributed by atoms with Crippen molar-refractivity contribution in [3.05, 3.63) is 18.3 Å². The quantitative estimate of drug-likeness (QED) is 0.751. The number of anilines is 1. The molecule has 1 saturated heterocycles. The maximum absolute atomic E-state index is 9.37. The molecule has 1 atom stereocenters. The summed E-state index contributed by atoms with van der Waals surface area (Å²) in [6.07, 6.45) is 2.31. The molecule has 4 nitrogen and oxygen atoms in total. The smallest absolute Gasteiger partial charge is 0.137 e. The Hall–Kier alpha value is -1.29. The fourth-order valence-electron chi connectivity index (χ4n) is 1.63. The first kappa shape index (κ1) is 9.27. The van der Waals surface area contributed by atoms with E-state index >= 15 is 0 Å². The molecule has 1 aliphatic rings. The van der Waals surface area contributed by atoms with Crippen molar-refractivity contribution >= 4 is 5.82 Å². The van der Waals surface area contributed by atoms with Gasteiger partial charge in [-0.2, -0.15) is 0 Å². The van der Waals surface area contributed by atoms with E-state index in [-0.39, 0.29) is 6.10 Å². The molecule has 0 amide bonds. The number of β-amino-alcohol motifs (C(OH)–C–C–N with tert-alkyl or cyclic N) is 1. The lowest BCUT2D eigenvalue weighted by atomic mass is 10.3. The van der Waals surface area contributed by atoms with Crippen molar-refractivity contribution in [2.75, 3.05) is 25.1 Å². The third-order valence-electron chi connectivity index (χ3n) is 2.44. The van der Waals surface area contributed by atoms with Crippen LogP contribution in [0.25, 0.3) is 0 Å². The van der Waals surface area contributed by atoms with E-state index in [9.17, 15) is 5.11 Å². The summed E-state index contributed by atoms with van der Waals surface area (Å²) in [5, 5.41) is 9.37. The highest BCUT2D eigenvalue weighted by Gasteiger charge is 2.20. The van der Waals surface area contributed by atoms with Gasteiger partial charge in [-0.25, -0.2) is 4.98 Å². The van der Waals surface area contributed by atoms with Crippen LogP contribution < -0.4 is 9.64 Å². The van der Waals surface area contributed by atoms with Crippen LogP contribution in [0.3, 0.4) is 0 Å². The van der Waals surface area contributed by atoms with Crippen LogP contribution in [0.2, 0.25) is 0 Å². The fourth-order valence-corrected chi connectivity index (χ4v) is 1.63. The largest absolute Gasteiger partial charge is 0.495 e. The first-order valence-corrected chi connectivity index (χ1v) is 4.72. The number of ether oxygens (including phenoxy) is 1. The lowest BCUT2D eigenvalue weighted by Crippen LogP contribution is -2.21. The van der Waals surface area contributed by atoms with Gasteiger partial charge in [0.05, 0.1) is 19.4 Å². The van der Waals surface area contributed by atoms with Crippen LogP contribution in [0.1, 0.15) is 6.42 Å². The molecule has 1 N–H and O–H groups in total. The van der Waals surface area contributed by atoms with Gasteiger partial charge in [-0.3, -0.25) is 0 Å². The number of aromatic nitrogens is 1. The van der Waals surface area contributed by atoms with Crippen molar-refractivity contribution in [2.45, 2.75) is 12.5 Å². The van der Waals surface area contributed by atoms with Gasteiger partial charge in [-0.05, 0) is 18.6 Å². The number of hydrogen-bond donors (Lipinski definition) is 1. The number of methoxy groups -OCH3 is 1. The molecule has 14 heavy (non-hydrogen) atoms. The van der Waals surface area contributed by atoms with Gasteiger partial charge in [0.2, 0.25) is 0 Å². The number of pyridine rings is 1. The molecule has 1 aliphatic heterocycles. The Balaban J connectivity index is 2.09. The number of rotatable bonds is 2. The van der Waals surface area contributed by atoms with Gasteiger partial charge in [-0.15, -0.1) is 0 Å². The molecule has 2 heterocycles. The Morgan fingerprint density at radius 1 is 1.57 bits per heavy atom. The lowest BCUT2D eigenvalue weighted by molar-refractivity contribution is 0.198. The summed E-state index contributed by atoms with van der Waals surface area (Å²) in [7, 11) is 1.62. The van der Waals surface area contributed by atoms with Gasteiger partial charge in [0, 0.05) is 13.1 Å². The maximum Gasteiger partial charge on any atom is 0.137 e. The van der Waals surface area contributed by atoms with Crippen molar-refractivity contribution < 1.29 is 9.84 Å². The summed E-state index contributed by atoms with van der Waals surface area (Å²) in [6, 6.07) is 3.80. The van der Waals surface area contributed by atoms with Crippen molar-refractivity contribution in [1.82, 2.24) is 4.98 Å². The van der Waals surface area contributed by atoms with Crippen LogP contribution in [-0.4, -0.2) is 36.4 Å². The van der Waals surface area contributed by atoms with E-state index in [1.54, 1.807) is 13.3 Å². The van der Waals surface area contributed by atoms with Gasteiger partial charge in [-0.1, -0.05) is 0 Å². The Bertz CT molecular complexity index is 299. The van der Waals surface area contributed by atoms with Gasteiger partial charge >= 0.3 is 0 Å². The third kappa shape index (κ3) is 1.80. The molecular weight excluding hydrogens is 180 g/mol. The lowest BCUT2D eigenvalue weighted by Gasteiger charge is -2.16. The molecule has 2 rings (SSSR count). The second kappa shape index (κ2) is 3.84. The number of aliphatic hydroxyl groups excluding tert-OH is 1. The molecule has 1 aromatic heterocycles. The van der Waals surface area contributed by atoms with Crippen LogP contribution >= 0.6 is 0 Å². The van der Waals surface area contributed by atoms with Crippen LogP contribution in [0.15, 0.2) is 18.3 Å². The van der Waals surface area contributed by atoms with E-state index in [0.29, 0.717) is 6.54 Å². The minimum Gasteiger partial charge on any atom is -0.495 e. The highest BCUT2D eigenvalue weighted by molar-refractivity contribution is 5.41. The summed E-state index contributed by atoms with van der Waals surface area (Å²) in [5.41, 5.74) is 0. The van der Waals surface area contributed by atoms with Crippen molar-refractivity contribution in [3.8, 4) is 5.75 Å². The standard InChI is InChI=1S/C10H14N2O2/c1-14-9-2-3-10(11-6-9)12-5-4-8(13)7-12/h2-3,6,8,13H,4-5,7H2,1H3. The predicted octanol–water partition coefficient (Wildman–Crippen LogP) is 0.661. The first-order chi connectivity index (χ1) is 6.79. The summed E-state index contributed by atoms with van der Waals surface area (Å²) >= 11 is 0. The Labute approximate surface area is 83.1 Å². The highest BCUT2D eigenvalue weighted by Crippen LogP contribution is 2.19. The van der Waals surface area contributed by atoms with Crippen molar-refractivity contribution in [1.29, 1.82) is 0 Å². The van der Waals surface area contributed by atoms with Crippen molar-refractivity contribution in [3.63, 3.8) is 0 Å². The molecular formula is C10H14N2O2. The van der Waals surface area contributed by atoms with E-state index in [4.69, 9.17) is 4.74 Å². The SMILES string of the molecule is COc1ccc(N2CCC(O)C2)nc1.